The van der Waals surface area contributed by atoms with Crippen LogP contribution in [0.4, 0.5) is 0 Å². The van der Waals surface area contributed by atoms with Gasteiger partial charge >= 0.3 is 0 Å². The molecular weight excluding hydrogens is 186 g/mol. The lowest BCUT2D eigenvalue weighted by Gasteiger charge is -2.37. The molecule has 1 N–H and O–H groups in total. The molecule has 1 aliphatic heterocycles. The van der Waals surface area contributed by atoms with E-state index in [0.29, 0.717) is 0 Å². The molecule has 1 aromatic rings. The highest BCUT2D eigenvalue weighted by Crippen LogP contribution is 2.35. The molecule has 1 heterocycles. The molecule has 0 bridgehead atoms. The second kappa shape index (κ2) is 4.33. The third kappa shape index (κ3) is 1.92. The van der Waals surface area contributed by atoms with Gasteiger partial charge in [0.25, 0.3) is 0 Å². The van der Waals surface area contributed by atoms with E-state index in [1.165, 1.54) is 11.1 Å². The molecule has 0 radical (unpaired) electrons. The molecular formula is C13H19NO. The van der Waals surface area contributed by atoms with Gasteiger partial charge in [-0.05, 0) is 44.0 Å². The van der Waals surface area contributed by atoms with Gasteiger partial charge in [0, 0.05) is 7.11 Å². The predicted molar refractivity (Wildman–Crippen MR) is 62.0 cm³/mol. The fourth-order valence-corrected chi connectivity index (χ4v) is 2.50. The molecule has 2 rings (SSSR count). The molecule has 1 fully saturated rings. The van der Waals surface area contributed by atoms with E-state index in [0.717, 1.165) is 25.9 Å². The summed E-state index contributed by atoms with van der Waals surface area (Å²) in [6, 6.07) is 8.55. The third-order valence-electron chi connectivity index (χ3n) is 3.44. The van der Waals surface area contributed by atoms with E-state index >= 15 is 0 Å². The molecule has 1 aromatic carbocycles. The van der Waals surface area contributed by atoms with Crippen LogP contribution in [0.5, 0.6) is 0 Å². The Balaban J connectivity index is 2.36. The molecule has 15 heavy (non-hydrogen) atoms. The van der Waals surface area contributed by atoms with Gasteiger partial charge in [-0.15, -0.1) is 0 Å². The Morgan fingerprint density at radius 1 is 1.20 bits per heavy atom. The summed E-state index contributed by atoms with van der Waals surface area (Å²) in [7, 11) is 1.83. The van der Waals surface area contributed by atoms with Crippen LogP contribution >= 0.6 is 0 Å². The molecule has 0 amide bonds. The van der Waals surface area contributed by atoms with Gasteiger partial charge in [0.05, 0.1) is 5.60 Å². The molecule has 0 atom stereocenters. The van der Waals surface area contributed by atoms with Gasteiger partial charge in [0.1, 0.15) is 0 Å². The van der Waals surface area contributed by atoms with E-state index < -0.39 is 0 Å². The van der Waals surface area contributed by atoms with Crippen molar-refractivity contribution in [1.29, 1.82) is 0 Å². The van der Waals surface area contributed by atoms with E-state index in [-0.39, 0.29) is 5.60 Å². The summed E-state index contributed by atoms with van der Waals surface area (Å²) in [6.07, 6.45) is 2.13. The first kappa shape index (κ1) is 10.7. The van der Waals surface area contributed by atoms with Crippen molar-refractivity contribution >= 4 is 0 Å². The second-order valence-electron chi connectivity index (χ2n) is 4.26. The maximum atomic E-state index is 5.81. The fraction of sp³-hybridized carbons (Fsp3) is 0.538. The Morgan fingerprint density at radius 2 is 1.87 bits per heavy atom. The molecule has 1 aliphatic rings. The summed E-state index contributed by atoms with van der Waals surface area (Å²) in [5.41, 5.74) is 2.63. The highest BCUT2D eigenvalue weighted by molar-refractivity contribution is 5.32. The largest absolute Gasteiger partial charge is 0.373 e. The highest BCUT2D eigenvalue weighted by atomic mass is 16.5. The summed E-state index contributed by atoms with van der Waals surface area (Å²) >= 11 is 0. The number of aryl methyl sites for hydroxylation is 1. The zero-order valence-corrected chi connectivity index (χ0v) is 9.55. The van der Waals surface area contributed by atoms with E-state index in [4.69, 9.17) is 4.74 Å². The number of hydrogen-bond acceptors (Lipinski definition) is 2. The molecule has 0 saturated carbocycles. The van der Waals surface area contributed by atoms with E-state index in [1.807, 2.05) is 7.11 Å². The van der Waals surface area contributed by atoms with Gasteiger partial charge < -0.3 is 10.1 Å². The average Bonchev–Trinajstić information content (AvgIpc) is 2.30. The standard InChI is InChI=1S/C13H19NO/c1-11-5-3-4-6-12(11)13(15-2)7-9-14-10-8-13/h3-6,14H,7-10H2,1-2H3. The molecule has 0 aromatic heterocycles. The first-order chi connectivity index (χ1) is 7.28. The summed E-state index contributed by atoms with van der Waals surface area (Å²) in [5, 5.41) is 3.38. The molecule has 2 heteroatoms. The topological polar surface area (TPSA) is 21.3 Å². The summed E-state index contributed by atoms with van der Waals surface area (Å²) in [4.78, 5) is 0. The lowest BCUT2D eigenvalue weighted by atomic mass is 9.82. The Morgan fingerprint density at radius 3 is 2.47 bits per heavy atom. The van der Waals surface area contributed by atoms with Gasteiger partial charge in [-0.25, -0.2) is 0 Å². The number of ether oxygens (including phenoxy) is 1. The van der Waals surface area contributed by atoms with Crippen molar-refractivity contribution in [3.63, 3.8) is 0 Å². The van der Waals surface area contributed by atoms with Gasteiger partial charge in [-0.3, -0.25) is 0 Å². The smallest absolute Gasteiger partial charge is 0.0954 e. The summed E-state index contributed by atoms with van der Waals surface area (Å²) < 4.78 is 5.81. The number of rotatable bonds is 2. The minimum Gasteiger partial charge on any atom is -0.373 e. The quantitative estimate of drug-likeness (QED) is 0.799. The van der Waals surface area contributed by atoms with Crippen molar-refractivity contribution in [3.8, 4) is 0 Å². The van der Waals surface area contributed by atoms with Gasteiger partial charge in [0.15, 0.2) is 0 Å². The van der Waals surface area contributed by atoms with Crippen molar-refractivity contribution < 1.29 is 4.74 Å². The Labute approximate surface area is 91.6 Å². The fourth-order valence-electron chi connectivity index (χ4n) is 2.50. The minimum absolute atomic E-state index is 0.0589. The van der Waals surface area contributed by atoms with Gasteiger partial charge in [-0.1, -0.05) is 24.3 Å². The van der Waals surface area contributed by atoms with Crippen molar-refractivity contribution in [2.45, 2.75) is 25.4 Å². The molecule has 0 aliphatic carbocycles. The first-order valence-corrected chi connectivity index (χ1v) is 5.60. The van der Waals surface area contributed by atoms with Crippen LogP contribution in [0, 0.1) is 6.92 Å². The van der Waals surface area contributed by atoms with Crippen LogP contribution in [0.15, 0.2) is 24.3 Å². The maximum absolute atomic E-state index is 5.81. The average molecular weight is 205 g/mol. The van der Waals surface area contributed by atoms with Crippen LogP contribution in [-0.2, 0) is 10.3 Å². The van der Waals surface area contributed by atoms with Gasteiger partial charge in [0.2, 0.25) is 0 Å². The SMILES string of the molecule is COC1(c2ccccc2C)CCNCC1. The zero-order valence-electron chi connectivity index (χ0n) is 9.55. The second-order valence-corrected chi connectivity index (χ2v) is 4.26. The van der Waals surface area contributed by atoms with Crippen LogP contribution in [-0.4, -0.2) is 20.2 Å². The van der Waals surface area contributed by atoms with Crippen LogP contribution in [0.3, 0.4) is 0 Å². The Bertz CT molecular complexity index is 329. The minimum atomic E-state index is -0.0589. The number of benzene rings is 1. The van der Waals surface area contributed by atoms with Gasteiger partial charge in [-0.2, -0.15) is 0 Å². The predicted octanol–water partition coefficient (Wildman–Crippen LogP) is 2.22. The van der Waals surface area contributed by atoms with E-state index in [9.17, 15) is 0 Å². The van der Waals surface area contributed by atoms with E-state index in [2.05, 4.69) is 36.5 Å². The summed E-state index contributed by atoms with van der Waals surface area (Å²) in [5.74, 6) is 0. The van der Waals surface area contributed by atoms with Crippen molar-refractivity contribution in [2.24, 2.45) is 0 Å². The number of methoxy groups -OCH3 is 1. The number of piperidine rings is 1. The molecule has 0 unspecified atom stereocenters. The Kier molecular flexibility index (Phi) is 3.08. The van der Waals surface area contributed by atoms with Crippen molar-refractivity contribution in [3.05, 3.63) is 35.4 Å². The highest BCUT2D eigenvalue weighted by Gasteiger charge is 2.34. The van der Waals surface area contributed by atoms with Crippen molar-refractivity contribution in [1.82, 2.24) is 5.32 Å². The summed E-state index contributed by atoms with van der Waals surface area (Å²) in [6.45, 7) is 4.25. The number of nitrogens with one attached hydrogen (secondary N) is 1. The van der Waals surface area contributed by atoms with Crippen LogP contribution in [0.25, 0.3) is 0 Å². The maximum Gasteiger partial charge on any atom is 0.0954 e. The van der Waals surface area contributed by atoms with E-state index in [1.54, 1.807) is 0 Å². The van der Waals surface area contributed by atoms with Crippen LogP contribution < -0.4 is 5.32 Å². The van der Waals surface area contributed by atoms with Crippen LogP contribution in [0.1, 0.15) is 24.0 Å². The number of hydrogen-bond donors (Lipinski definition) is 1. The molecule has 1 saturated heterocycles. The lowest BCUT2D eigenvalue weighted by molar-refractivity contribution is -0.0395. The lowest BCUT2D eigenvalue weighted by Crippen LogP contribution is -2.41. The molecule has 0 spiro atoms. The normalized spacial score (nSPS) is 20.1. The molecule has 82 valence electrons. The molecule has 2 nitrogen and oxygen atoms in total. The first-order valence-electron chi connectivity index (χ1n) is 5.60. The van der Waals surface area contributed by atoms with Crippen LogP contribution in [0.2, 0.25) is 0 Å². The van der Waals surface area contributed by atoms with Crippen molar-refractivity contribution in [2.75, 3.05) is 20.2 Å². The Hall–Kier alpha value is -0.860. The zero-order chi connectivity index (χ0) is 10.7. The third-order valence-corrected chi connectivity index (χ3v) is 3.44. The monoisotopic (exact) mass is 205 g/mol.